The van der Waals surface area contributed by atoms with E-state index in [-0.39, 0.29) is 0 Å². The lowest BCUT2D eigenvalue weighted by atomic mass is 9.97. The van der Waals surface area contributed by atoms with Crippen LogP contribution in [0.25, 0.3) is 5.57 Å². The van der Waals surface area contributed by atoms with Crippen LogP contribution in [0.1, 0.15) is 48.9 Å². The second-order valence-electron chi connectivity index (χ2n) is 9.20. The molecule has 3 heteroatoms. The summed E-state index contributed by atoms with van der Waals surface area (Å²) in [5, 5.41) is 0. The van der Waals surface area contributed by atoms with Gasteiger partial charge in [0.15, 0.2) is 0 Å². The van der Waals surface area contributed by atoms with E-state index in [4.69, 9.17) is 4.74 Å². The molecule has 0 bridgehead atoms. The van der Waals surface area contributed by atoms with Crippen LogP contribution in [0, 0.1) is 0 Å². The van der Waals surface area contributed by atoms with Gasteiger partial charge in [-0.1, -0.05) is 85.3 Å². The molecule has 1 fully saturated rings. The summed E-state index contributed by atoms with van der Waals surface area (Å²) in [6.07, 6.45) is 6.46. The lowest BCUT2D eigenvalue weighted by Crippen LogP contribution is -2.39. The zero-order valence-corrected chi connectivity index (χ0v) is 20.7. The van der Waals surface area contributed by atoms with Gasteiger partial charge in [0.25, 0.3) is 0 Å². The monoisotopic (exact) mass is 454 g/mol. The van der Waals surface area contributed by atoms with Gasteiger partial charge in [0.05, 0.1) is 7.11 Å². The minimum atomic E-state index is 0.319. The fourth-order valence-electron chi connectivity index (χ4n) is 4.84. The maximum absolute atomic E-state index is 5.38. The zero-order valence-electron chi connectivity index (χ0n) is 20.7. The average molecular weight is 455 g/mol. The number of likely N-dealkylation sites (tertiary alicyclic amines) is 1. The quantitative estimate of drug-likeness (QED) is 0.340. The third-order valence-corrected chi connectivity index (χ3v) is 7.00. The van der Waals surface area contributed by atoms with E-state index in [1.54, 1.807) is 7.11 Å². The molecule has 0 unspecified atom stereocenters. The van der Waals surface area contributed by atoms with Crippen molar-refractivity contribution in [2.45, 2.75) is 32.2 Å². The predicted octanol–water partition coefficient (Wildman–Crippen LogP) is 6.68. The molecular weight excluding hydrogens is 416 g/mol. The second-order valence-corrected chi connectivity index (χ2v) is 9.20. The van der Waals surface area contributed by atoms with Crippen molar-refractivity contribution in [3.63, 3.8) is 0 Å². The maximum Gasteiger partial charge on any atom is 0.118 e. The van der Waals surface area contributed by atoms with Crippen molar-refractivity contribution >= 4 is 5.57 Å². The topological polar surface area (TPSA) is 15.7 Å². The van der Waals surface area contributed by atoms with Gasteiger partial charge < -0.3 is 9.64 Å². The van der Waals surface area contributed by atoms with Crippen LogP contribution in [0.5, 0.6) is 5.75 Å². The maximum atomic E-state index is 5.38. The Hall–Kier alpha value is -2.88. The highest BCUT2D eigenvalue weighted by Crippen LogP contribution is 2.26. The van der Waals surface area contributed by atoms with Gasteiger partial charge in [0.1, 0.15) is 5.75 Å². The fourth-order valence-corrected chi connectivity index (χ4v) is 4.84. The first kappa shape index (κ1) is 24.3. The van der Waals surface area contributed by atoms with Crippen molar-refractivity contribution in [2.24, 2.45) is 0 Å². The highest BCUT2D eigenvalue weighted by molar-refractivity contribution is 5.79. The van der Waals surface area contributed by atoms with E-state index in [2.05, 4.69) is 108 Å². The Labute approximate surface area is 205 Å². The summed E-state index contributed by atoms with van der Waals surface area (Å²) in [5.74, 6) is 0.908. The van der Waals surface area contributed by atoms with Gasteiger partial charge in [0, 0.05) is 25.7 Å². The molecule has 3 nitrogen and oxygen atoms in total. The Kier molecular flexibility index (Phi) is 8.95. The van der Waals surface area contributed by atoms with Crippen molar-refractivity contribution in [3.8, 4) is 5.75 Å². The number of methoxy groups -OCH3 is 1. The molecule has 0 amide bonds. The second kappa shape index (κ2) is 12.5. The van der Waals surface area contributed by atoms with Gasteiger partial charge in [-0.2, -0.15) is 0 Å². The molecule has 1 saturated heterocycles. The van der Waals surface area contributed by atoms with Crippen molar-refractivity contribution < 1.29 is 4.74 Å². The lowest BCUT2D eigenvalue weighted by Gasteiger charge is -2.33. The van der Waals surface area contributed by atoms with Crippen LogP contribution in [0.2, 0.25) is 0 Å². The molecular formula is C31H38N2O. The molecule has 0 N–H and O–H groups in total. The summed E-state index contributed by atoms with van der Waals surface area (Å²) in [6.45, 7) is 7.89. The largest absolute Gasteiger partial charge is 0.497 e. The van der Waals surface area contributed by atoms with Crippen LogP contribution in [-0.4, -0.2) is 49.6 Å². The van der Waals surface area contributed by atoms with E-state index in [0.717, 1.165) is 25.4 Å². The third-order valence-electron chi connectivity index (χ3n) is 7.00. The Balaban J connectivity index is 1.58. The first-order valence-electron chi connectivity index (χ1n) is 12.7. The molecule has 1 heterocycles. The number of hydrogen-bond acceptors (Lipinski definition) is 3. The number of nitrogens with zero attached hydrogens (tertiary/aromatic N) is 2. The predicted molar refractivity (Wildman–Crippen MR) is 143 cm³/mol. The minimum absolute atomic E-state index is 0.319. The van der Waals surface area contributed by atoms with E-state index < -0.39 is 0 Å². The Bertz CT molecular complexity index is 967. The number of rotatable bonds is 10. The van der Waals surface area contributed by atoms with Crippen LogP contribution in [-0.2, 0) is 0 Å². The SMILES string of the molecule is COc1ccc([C@@H](C)N(CC=C(c2ccccc2)c2ccccc2)CCN2CCCCC2)cc1. The van der Waals surface area contributed by atoms with Crippen LogP contribution >= 0.6 is 0 Å². The van der Waals surface area contributed by atoms with Crippen molar-refractivity contribution in [1.29, 1.82) is 0 Å². The molecule has 3 aromatic rings. The summed E-state index contributed by atoms with van der Waals surface area (Å²) in [6, 6.07) is 30.4. The van der Waals surface area contributed by atoms with E-state index >= 15 is 0 Å². The number of ether oxygens (including phenoxy) is 1. The van der Waals surface area contributed by atoms with Gasteiger partial charge in [0.2, 0.25) is 0 Å². The smallest absolute Gasteiger partial charge is 0.118 e. The van der Waals surface area contributed by atoms with E-state index in [0.29, 0.717) is 6.04 Å². The molecule has 34 heavy (non-hydrogen) atoms. The van der Waals surface area contributed by atoms with Gasteiger partial charge in [-0.05, 0) is 67.3 Å². The molecule has 1 atom stereocenters. The van der Waals surface area contributed by atoms with E-state index in [9.17, 15) is 0 Å². The first-order chi connectivity index (χ1) is 16.7. The van der Waals surface area contributed by atoms with Gasteiger partial charge >= 0.3 is 0 Å². The van der Waals surface area contributed by atoms with Crippen molar-refractivity contribution in [2.75, 3.05) is 39.8 Å². The standard InChI is InChI=1S/C31H38N2O/c1-26(27-16-18-30(34-2)19-17-27)33(25-24-32-21-10-5-11-22-32)23-20-31(28-12-6-3-7-13-28)29-14-8-4-9-15-29/h3-4,6-9,12-20,26H,5,10-11,21-25H2,1-2H3/t26-/m1/s1. The summed E-state index contributed by atoms with van der Waals surface area (Å²) < 4.78 is 5.38. The zero-order chi connectivity index (χ0) is 23.6. The van der Waals surface area contributed by atoms with Crippen molar-refractivity contribution in [1.82, 2.24) is 9.80 Å². The summed E-state index contributed by atoms with van der Waals surface area (Å²) in [7, 11) is 1.73. The molecule has 0 aliphatic carbocycles. The van der Waals surface area contributed by atoms with Crippen molar-refractivity contribution in [3.05, 3.63) is 108 Å². The fraction of sp³-hybridized carbons (Fsp3) is 0.355. The third kappa shape index (κ3) is 6.59. The summed E-state index contributed by atoms with van der Waals surface area (Å²) in [5.41, 5.74) is 5.16. The molecule has 3 aromatic carbocycles. The lowest BCUT2D eigenvalue weighted by molar-refractivity contribution is 0.165. The van der Waals surface area contributed by atoms with Crippen LogP contribution in [0.3, 0.4) is 0 Å². The van der Waals surface area contributed by atoms with Gasteiger partial charge in [-0.3, -0.25) is 4.90 Å². The van der Waals surface area contributed by atoms with Crippen LogP contribution in [0.4, 0.5) is 0 Å². The average Bonchev–Trinajstić information content (AvgIpc) is 2.92. The molecule has 0 saturated carbocycles. The highest BCUT2D eigenvalue weighted by atomic mass is 16.5. The first-order valence-corrected chi connectivity index (χ1v) is 12.7. The molecule has 1 aliphatic rings. The Morgan fingerprint density at radius 3 is 2.00 bits per heavy atom. The minimum Gasteiger partial charge on any atom is -0.497 e. The number of hydrogen-bond donors (Lipinski definition) is 0. The van der Waals surface area contributed by atoms with Gasteiger partial charge in [-0.15, -0.1) is 0 Å². The number of piperidine rings is 1. The highest BCUT2D eigenvalue weighted by Gasteiger charge is 2.18. The molecule has 0 radical (unpaired) electrons. The summed E-state index contributed by atoms with van der Waals surface area (Å²) in [4.78, 5) is 5.25. The van der Waals surface area contributed by atoms with E-state index in [1.807, 2.05) is 0 Å². The Morgan fingerprint density at radius 2 is 1.44 bits per heavy atom. The number of benzene rings is 3. The van der Waals surface area contributed by atoms with Crippen LogP contribution in [0.15, 0.2) is 91.0 Å². The Morgan fingerprint density at radius 1 is 0.853 bits per heavy atom. The van der Waals surface area contributed by atoms with Gasteiger partial charge in [-0.25, -0.2) is 0 Å². The molecule has 0 aromatic heterocycles. The normalized spacial score (nSPS) is 15.1. The molecule has 4 rings (SSSR count). The summed E-state index contributed by atoms with van der Waals surface area (Å²) >= 11 is 0. The molecule has 0 spiro atoms. The van der Waals surface area contributed by atoms with Crippen LogP contribution < -0.4 is 4.74 Å². The van der Waals surface area contributed by atoms with E-state index in [1.165, 1.54) is 54.6 Å². The molecule has 178 valence electrons. The molecule has 1 aliphatic heterocycles.